The number of carbonyl (C=O) groups is 2. The Bertz CT molecular complexity index is 581. The molecule has 0 aliphatic heterocycles. The van der Waals surface area contributed by atoms with Gasteiger partial charge in [-0.2, -0.15) is 11.3 Å². The fourth-order valence-corrected chi connectivity index (χ4v) is 2.49. The van der Waals surface area contributed by atoms with Crippen molar-refractivity contribution < 1.29 is 14.1 Å². The Morgan fingerprint density at radius 3 is 2.76 bits per heavy atom. The molecule has 112 valence electrons. The van der Waals surface area contributed by atoms with Gasteiger partial charge in [-0.15, -0.1) is 0 Å². The van der Waals surface area contributed by atoms with E-state index in [9.17, 15) is 9.59 Å². The first-order chi connectivity index (χ1) is 10.1. The average Bonchev–Trinajstić information content (AvgIpc) is 3.11. The molecule has 0 unspecified atom stereocenters. The highest BCUT2D eigenvalue weighted by Crippen LogP contribution is 2.19. The second-order valence-electron chi connectivity index (χ2n) is 4.58. The summed E-state index contributed by atoms with van der Waals surface area (Å²) in [6.45, 7) is 0.342. The van der Waals surface area contributed by atoms with Gasteiger partial charge in [0.2, 0.25) is 0 Å². The molecule has 2 aromatic heterocycles. The number of amides is 2. The van der Waals surface area contributed by atoms with Crippen LogP contribution in [0.1, 0.15) is 11.6 Å². The summed E-state index contributed by atoms with van der Waals surface area (Å²) in [6.07, 6.45) is 1.31. The zero-order valence-electron chi connectivity index (χ0n) is 11.7. The molecule has 0 aromatic carbocycles. The third-order valence-electron chi connectivity index (χ3n) is 2.89. The van der Waals surface area contributed by atoms with Crippen molar-refractivity contribution >= 4 is 29.0 Å². The van der Waals surface area contributed by atoms with E-state index in [1.165, 1.54) is 12.3 Å². The van der Waals surface area contributed by atoms with Crippen molar-refractivity contribution in [1.29, 1.82) is 0 Å². The Labute approximate surface area is 125 Å². The van der Waals surface area contributed by atoms with Gasteiger partial charge in [0.25, 0.3) is 0 Å². The van der Waals surface area contributed by atoms with Gasteiger partial charge >= 0.3 is 11.8 Å². The van der Waals surface area contributed by atoms with Gasteiger partial charge in [0.05, 0.1) is 6.04 Å². The van der Waals surface area contributed by atoms with Crippen LogP contribution in [-0.4, -0.2) is 42.5 Å². The van der Waals surface area contributed by atoms with Crippen LogP contribution in [0.5, 0.6) is 0 Å². The third-order valence-corrected chi connectivity index (χ3v) is 3.59. The number of nitrogens with zero attached hydrogens (tertiary/aromatic N) is 2. The Morgan fingerprint density at radius 2 is 2.19 bits per heavy atom. The van der Waals surface area contributed by atoms with Crippen LogP contribution >= 0.6 is 11.3 Å². The number of hydrogen-bond acceptors (Lipinski definition) is 6. The molecular formula is C13H16N4O3S. The Kier molecular flexibility index (Phi) is 5.07. The highest BCUT2D eigenvalue weighted by Gasteiger charge is 2.19. The van der Waals surface area contributed by atoms with Crippen molar-refractivity contribution in [3.05, 3.63) is 34.7 Å². The molecule has 0 fully saturated rings. The summed E-state index contributed by atoms with van der Waals surface area (Å²) >= 11 is 1.59. The minimum atomic E-state index is -0.772. The average molecular weight is 308 g/mol. The lowest BCUT2D eigenvalue weighted by atomic mass is 10.1. The second kappa shape index (κ2) is 7.00. The fourth-order valence-electron chi connectivity index (χ4n) is 1.78. The molecule has 2 N–H and O–H groups in total. The summed E-state index contributed by atoms with van der Waals surface area (Å²) in [7, 11) is 3.84. The fraction of sp³-hybridized carbons (Fsp3) is 0.308. The minimum absolute atomic E-state index is 0.0139. The van der Waals surface area contributed by atoms with Crippen molar-refractivity contribution in [2.75, 3.05) is 26.0 Å². The SMILES string of the molecule is CN(C)[C@H](CNC(=O)C(=O)Nc1ccon1)c1ccsc1. The Hall–Kier alpha value is -2.19. The maximum absolute atomic E-state index is 11.8. The molecule has 8 heteroatoms. The van der Waals surface area contributed by atoms with Gasteiger partial charge in [-0.05, 0) is 36.5 Å². The third kappa shape index (κ3) is 4.14. The minimum Gasteiger partial charge on any atom is -0.363 e. The number of nitrogens with one attached hydrogen (secondary N) is 2. The molecule has 7 nitrogen and oxygen atoms in total. The molecule has 0 radical (unpaired) electrons. The van der Waals surface area contributed by atoms with E-state index in [1.807, 2.05) is 35.8 Å². The van der Waals surface area contributed by atoms with Crippen LogP contribution in [0.4, 0.5) is 5.82 Å². The van der Waals surface area contributed by atoms with Gasteiger partial charge in [0, 0.05) is 12.6 Å². The van der Waals surface area contributed by atoms with Crippen LogP contribution < -0.4 is 10.6 Å². The first-order valence-corrected chi connectivity index (χ1v) is 7.20. The predicted molar refractivity (Wildman–Crippen MR) is 78.9 cm³/mol. The molecule has 1 atom stereocenters. The summed E-state index contributed by atoms with van der Waals surface area (Å²) in [6, 6.07) is 3.47. The zero-order valence-corrected chi connectivity index (χ0v) is 12.5. The summed E-state index contributed by atoms with van der Waals surface area (Å²) < 4.78 is 4.57. The van der Waals surface area contributed by atoms with Crippen molar-refractivity contribution in [1.82, 2.24) is 15.4 Å². The molecule has 21 heavy (non-hydrogen) atoms. The molecule has 0 spiro atoms. The van der Waals surface area contributed by atoms with Crippen LogP contribution in [0.25, 0.3) is 0 Å². The van der Waals surface area contributed by atoms with Crippen molar-refractivity contribution in [3.63, 3.8) is 0 Å². The number of aromatic nitrogens is 1. The van der Waals surface area contributed by atoms with Gasteiger partial charge in [-0.25, -0.2) is 0 Å². The van der Waals surface area contributed by atoms with E-state index in [2.05, 4.69) is 20.3 Å². The number of carbonyl (C=O) groups excluding carboxylic acids is 2. The molecule has 0 aliphatic rings. The summed E-state index contributed by atoms with van der Waals surface area (Å²) in [5.41, 5.74) is 1.10. The van der Waals surface area contributed by atoms with Gasteiger partial charge < -0.3 is 14.7 Å². The lowest BCUT2D eigenvalue weighted by molar-refractivity contribution is -0.136. The lowest BCUT2D eigenvalue weighted by Gasteiger charge is -2.23. The van der Waals surface area contributed by atoms with E-state index >= 15 is 0 Å². The van der Waals surface area contributed by atoms with Crippen molar-refractivity contribution in [2.45, 2.75) is 6.04 Å². The van der Waals surface area contributed by atoms with Crippen LogP contribution in [0.3, 0.4) is 0 Å². The first-order valence-electron chi connectivity index (χ1n) is 6.26. The molecule has 2 rings (SSSR count). The Morgan fingerprint density at radius 1 is 1.38 bits per heavy atom. The van der Waals surface area contributed by atoms with Crippen LogP contribution in [0.2, 0.25) is 0 Å². The smallest absolute Gasteiger partial charge is 0.314 e. The first kappa shape index (κ1) is 15.2. The van der Waals surface area contributed by atoms with E-state index in [4.69, 9.17) is 0 Å². The number of hydrogen-bond donors (Lipinski definition) is 2. The summed E-state index contributed by atoms with van der Waals surface area (Å²) in [5, 5.41) is 12.5. The molecule has 2 aromatic rings. The largest absolute Gasteiger partial charge is 0.363 e. The molecule has 2 amide bonds. The topological polar surface area (TPSA) is 87.5 Å². The zero-order chi connectivity index (χ0) is 15.2. The van der Waals surface area contributed by atoms with E-state index in [1.54, 1.807) is 11.3 Å². The van der Waals surface area contributed by atoms with Gasteiger partial charge in [0.15, 0.2) is 5.82 Å². The molecule has 2 heterocycles. The quantitative estimate of drug-likeness (QED) is 0.808. The van der Waals surface area contributed by atoms with E-state index in [0.717, 1.165) is 5.56 Å². The van der Waals surface area contributed by atoms with Crippen LogP contribution in [-0.2, 0) is 9.59 Å². The number of thiophene rings is 1. The maximum Gasteiger partial charge on any atom is 0.314 e. The monoisotopic (exact) mass is 308 g/mol. The number of likely N-dealkylation sites (N-methyl/N-ethyl adjacent to an activating group) is 1. The highest BCUT2D eigenvalue weighted by molar-refractivity contribution is 7.07. The molecular weight excluding hydrogens is 292 g/mol. The molecule has 0 bridgehead atoms. The standard InChI is InChI=1S/C13H16N4O3S/c1-17(2)10(9-4-6-21-8-9)7-14-12(18)13(19)15-11-3-5-20-16-11/h3-6,8,10H,7H2,1-2H3,(H,14,18)(H,15,16,19)/t10-/m1/s1. The van der Waals surface area contributed by atoms with Crippen molar-refractivity contribution in [3.8, 4) is 0 Å². The van der Waals surface area contributed by atoms with E-state index < -0.39 is 11.8 Å². The number of rotatable bonds is 5. The molecule has 0 saturated carbocycles. The molecule has 0 saturated heterocycles. The predicted octanol–water partition coefficient (Wildman–Crippen LogP) is 1.09. The highest BCUT2D eigenvalue weighted by atomic mass is 32.1. The van der Waals surface area contributed by atoms with Crippen molar-refractivity contribution in [2.24, 2.45) is 0 Å². The number of anilines is 1. The maximum atomic E-state index is 11.8. The molecule has 0 aliphatic carbocycles. The van der Waals surface area contributed by atoms with E-state index in [-0.39, 0.29) is 11.9 Å². The van der Waals surface area contributed by atoms with Crippen LogP contribution in [0.15, 0.2) is 33.7 Å². The summed E-state index contributed by atoms with van der Waals surface area (Å²) in [5.74, 6) is -1.27. The lowest BCUT2D eigenvalue weighted by Crippen LogP contribution is -2.40. The van der Waals surface area contributed by atoms with Gasteiger partial charge in [0.1, 0.15) is 6.26 Å². The second-order valence-corrected chi connectivity index (χ2v) is 5.36. The van der Waals surface area contributed by atoms with E-state index in [0.29, 0.717) is 6.54 Å². The van der Waals surface area contributed by atoms with Crippen LogP contribution in [0, 0.1) is 0 Å². The Balaban J connectivity index is 1.88. The normalized spacial score (nSPS) is 12.1. The summed E-state index contributed by atoms with van der Waals surface area (Å²) in [4.78, 5) is 25.4. The van der Waals surface area contributed by atoms with Gasteiger partial charge in [-0.1, -0.05) is 5.16 Å². The van der Waals surface area contributed by atoms with Gasteiger partial charge in [-0.3, -0.25) is 14.9 Å².